The van der Waals surface area contributed by atoms with Gasteiger partial charge >= 0.3 is 0 Å². The highest BCUT2D eigenvalue weighted by molar-refractivity contribution is 5.96. The summed E-state index contributed by atoms with van der Waals surface area (Å²) in [5.74, 6) is 0.838. The van der Waals surface area contributed by atoms with E-state index in [1.807, 2.05) is 37.3 Å². The van der Waals surface area contributed by atoms with Gasteiger partial charge in [-0.1, -0.05) is 37.1 Å². The molecule has 1 aliphatic rings. The number of methoxy groups -OCH3 is 1. The SMILES string of the molecule is COc1ccccc1C1(CNC(=O)c2cc(N)ccc2C)CCCC1.Cl. The summed E-state index contributed by atoms with van der Waals surface area (Å²) < 4.78 is 5.58. The first-order valence-corrected chi connectivity index (χ1v) is 8.83. The Morgan fingerprint density at radius 2 is 1.88 bits per heavy atom. The maximum Gasteiger partial charge on any atom is 0.251 e. The van der Waals surface area contributed by atoms with Gasteiger partial charge in [-0.05, 0) is 43.5 Å². The minimum Gasteiger partial charge on any atom is -0.496 e. The average molecular weight is 375 g/mol. The first kappa shape index (κ1) is 20.1. The summed E-state index contributed by atoms with van der Waals surface area (Å²) in [4.78, 5) is 12.7. The van der Waals surface area contributed by atoms with Gasteiger partial charge in [0.25, 0.3) is 5.91 Å². The lowest BCUT2D eigenvalue weighted by molar-refractivity contribution is 0.0942. The van der Waals surface area contributed by atoms with Crippen molar-refractivity contribution in [3.63, 3.8) is 0 Å². The van der Waals surface area contributed by atoms with E-state index in [-0.39, 0.29) is 23.7 Å². The van der Waals surface area contributed by atoms with Crippen LogP contribution in [0.3, 0.4) is 0 Å². The molecule has 0 heterocycles. The van der Waals surface area contributed by atoms with Crippen LogP contribution in [0.25, 0.3) is 0 Å². The zero-order valence-corrected chi connectivity index (χ0v) is 16.2. The van der Waals surface area contributed by atoms with Gasteiger partial charge in [-0.15, -0.1) is 12.4 Å². The van der Waals surface area contributed by atoms with E-state index in [4.69, 9.17) is 10.5 Å². The van der Waals surface area contributed by atoms with Gasteiger partial charge in [-0.25, -0.2) is 0 Å². The number of hydrogen-bond acceptors (Lipinski definition) is 3. The number of halogens is 1. The van der Waals surface area contributed by atoms with Gasteiger partial charge in [0.05, 0.1) is 7.11 Å². The smallest absolute Gasteiger partial charge is 0.251 e. The number of aryl methyl sites for hydroxylation is 1. The van der Waals surface area contributed by atoms with E-state index >= 15 is 0 Å². The molecule has 3 rings (SSSR count). The highest BCUT2D eigenvalue weighted by atomic mass is 35.5. The monoisotopic (exact) mass is 374 g/mol. The van der Waals surface area contributed by atoms with Gasteiger partial charge in [-0.3, -0.25) is 4.79 Å². The van der Waals surface area contributed by atoms with E-state index in [0.717, 1.165) is 24.2 Å². The summed E-state index contributed by atoms with van der Waals surface area (Å²) in [5, 5.41) is 3.15. The molecule has 4 nitrogen and oxygen atoms in total. The molecule has 2 aromatic rings. The standard InChI is InChI=1S/C21H26N2O2.ClH/c1-15-9-10-16(22)13-17(15)20(24)23-14-21(11-5-6-12-21)18-7-3-4-8-19(18)25-2;/h3-4,7-10,13H,5-6,11-12,14,22H2,1-2H3,(H,23,24);1H. The third-order valence-corrected chi connectivity index (χ3v) is 5.33. The van der Waals surface area contributed by atoms with Crippen molar-refractivity contribution in [3.05, 3.63) is 59.2 Å². The predicted molar refractivity (Wildman–Crippen MR) is 108 cm³/mol. The fourth-order valence-electron chi connectivity index (χ4n) is 3.90. The average Bonchev–Trinajstić information content (AvgIpc) is 3.11. The van der Waals surface area contributed by atoms with Crippen LogP contribution in [-0.2, 0) is 5.41 Å². The quantitative estimate of drug-likeness (QED) is 0.769. The summed E-state index contributed by atoms with van der Waals surface area (Å²) in [7, 11) is 1.70. The largest absolute Gasteiger partial charge is 0.496 e. The lowest BCUT2D eigenvalue weighted by Gasteiger charge is -2.31. The van der Waals surface area contributed by atoms with E-state index in [1.54, 1.807) is 13.2 Å². The number of carbonyl (C=O) groups is 1. The molecule has 0 saturated heterocycles. The fraction of sp³-hybridized carbons (Fsp3) is 0.381. The van der Waals surface area contributed by atoms with Crippen LogP contribution >= 0.6 is 12.4 Å². The summed E-state index contributed by atoms with van der Waals surface area (Å²) in [6, 6.07) is 13.6. The molecule has 5 heteroatoms. The van der Waals surface area contributed by atoms with E-state index in [1.165, 1.54) is 18.4 Å². The number of benzene rings is 2. The van der Waals surface area contributed by atoms with Crippen LogP contribution in [-0.4, -0.2) is 19.6 Å². The molecule has 0 radical (unpaired) electrons. The molecule has 26 heavy (non-hydrogen) atoms. The molecule has 0 spiro atoms. The number of carbonyl (C=O) groups excluding carboxylic acids is 1. The number of para-hydroxylation sites is 1. The maximum atomic E-state index is 12.7. The van der Waals surface area contributed by atoms with Crippen LogP contribution in [0.1, 0.15) is 47.2 Å². The molecular weight excluding hydrogens is 348 g/mol. The molecule has 1 aliphatic carbocycles. The maximum absolute atomic E-state index is 12.7. The number of amides is 1. The molecule has 2 aromatic carbocycles. The van der Waals surface area contributed by atoms with Crippen molar-refractivity contribution in [3.8, 4) is 5.75 Å². The molecule has 140 valence electrons. The Hall–Kier alpha value is -2.20. The minimum absolute atomic E-state index is 0. The van der Waals surface area contributed by atoms with Gasteiger partial charge in [0, 0.05) is 28.8 Å². The summed E-state index contributed by atoms with van der Waals surface area (Å²) >= 11 is 0. The third-order valence-electron chi connectivity index (χ3n) is 5.33. The van der Waals surface area contributed by atoms with E-state index in [9.17, 15) is 4.79 Å². The van der Waals surface area contributed by atoms with Crippen LogP contribution in [0.4, 0.5) is 5.69 Å². The van der Waals surface area contributed by atoms with Gasteiger partial charge in [0.1, 0.15) is 5.75 Å². The van der Waals surface area contributed by atoms with Crippen LogP contribution in [0.2, 0.25) is 0 Å². The zero-order valence-electron chi connectivity index (χ0n) is 15.4. The zero-order chi connectivity index (χ0) is 17.9. The topological polar surface area (TPSA) is 64.3 Å². The normalized spacial score (nSPS) is 15.2. The van der Waals surface area contributed by atoms with Gasteiger partial charge < -0.3 is 15.8 Å². The summed E-state index contributed by atoms with van der Waals surface area (Å²) in [6.07, 6.45) is 4.46. The van der Waals surface area contributed by atoms with Crippen molar-refractivity contribution in [1.82, 2.24) is 5.32 Å². The Morgan fingerprint density at radius 3 is 2.58 bits per heavy atom. The Balaban J connectivity index is 0.00000243. The fourth-order valence-corrected chi connectivity index (χ4v) is 3.90. The van der Waals surface area contributed by atoms with E-state index in [0.29, 0.717) is 17.8 Å². The van der Waals surface area contributed by atoms with Crippen molar-refractivity contribution >= 4 is 24.0 Å². The van der Waals surface area contributed by atoms with Gasteiger partial charge in [0.2, 0.25) is 0 Å². The number of anilines is 1. The van der Waals surface area contributed by atoms with Crippen molar-refractivity contribution in [1.29, 1.82) is 0 Å². The van der Waals surface area contributed by atoms with Gasteiger partial charge in [0.15, 0.2) is 0 Å². The molecule has 3 N–H and O–H groups in total. The van der Waals surface area contributed by atoms with Gasteiger partial charge in [-0.2, -0.15) is 0 Å². The van der Waals surface area contributed by atoms with Crippen molar-refractivity contribution in [2.24, 2.45) is 0 Å². The first-order chi connectivity index (χ1) is 12.1. The molecule has 0 atom stereocenters. The van der Waals surface area contributed by atoms with Crippen molar-refractivity contribution in [2.45, 2.75) is 38.0 Å². The van der Waals surface area contributed by atoms with Crippen molar-refractivity contribution < 1.29 is 9.53 Å². The third kappa shape index (κ3) is 3.96. The predicted octanol–water partition coefficient (Wildman–Crippen LogP) is 4.25. The highest BCUT2D eigenvalue weighted by Crippen LogP contribution is 2.44. The van der Waals surface area contributed by atoms with Crippen LogP contribution in [0.5, 0.6) is 5.75 Å². The molecule has 0 aromatic heterocycles. The molecule has 0 aliphatic heterocycles. The van der Waals surface area contributed by atoms with Crippen LogP contribution in [0.15, 0.2) is 42.5 Å². The number of nitrogen functional groups attached to an aromatic ring is 1. The number of rotatable bonds is 5. The summed E-state index contributed by atoms with van der Waals surface area (Å²) in [6.45, 7) is 2.54. The Bertz CT molecular complexity index is 770. The molecular formula is C21H27ClN2O2. The molecule has 1 amide bonds. The van der Waals surface area contributed by atoms with Crippen LogP contribution < -0.4 is 15.8 Å². The Labute approximate surface area is 161 Å². The van der Waals surface area contributed by atoms with E-state index in [2.05, 4.69) is 11.4 Å². The van der Waals surface area contributed by atoms with E-state index < -0.39 is 0 Å². The van der Waals surface area contributed by atoms with Crippen molar-refractivity contribution in [2.75, 3.05) is 19.4 Å². The molecule has 0 unspecified atom stereocenters. The Morgan fingerprint density at radius 1 is 1.19 bits per heavy atom. The lowest BCUT2D eigenvalue weighted by atomic mass is 9.78. The number of nitrogens with two attached hydrogens (primary N) is 1. The van der Waals surface area contributed by atoms with Crippen LogP contribution in [0, 0.1) is 6.92 Å². The second kappa shape index (κ2) is 8.45. The molecule has 1 saturated carbocycles. The summed E-state index contributed by atoms with van der Waals surface area (Å²) in [5.41, 5.74) is 9.17. The lowest BCUT2D eigenvalue weighted by Crippen LogP contribution is -2.39. The number of ether oxygens (including phenoxy) is 1. The Kier molecular flexibility index (Phi) is 6.54. The second-order valence-corrected chi connectivity index (χ2v) is 6.94. The molecule has 1 fully saturated rings. The first-order valence-electron chi connectivity index (χ1n) is 8.83. The second-order valence-electron chi connectivity index (χ2n) is 6.94. The number of nitrogens with one attached hydrogen (secondary N) is 1. The number of hydrogen-bond donors (Lipinski definition) is 2. The minimum atomic E-state index is -0.0639. The molecule has 0 bridgehead atoms. The highest BCUT2D eigenvalue weighted by Gasteiger charge is 2.38.